The number of esters is 1. The molecule has 3 heterocycles. The van der Waals surface area contributed by atoms with Crippen molar-refractivity contribution in [2.45, 2.75) is 47.0 Å². The molecular formula is C32H33N3O6Se. The number of hydrogen-bond donors (Lipinski definition) is 0. The van der Waals surface area contributed by atoms with Gasteiger partial charge >= 0.3 is 252 Å². The van der Waals surface area contributed by atoms with Crippen LogP contribution in [0.1, 0.15) is 31.2 Å². The first-order valence-corrected chi connectivity index (χ1v) is 16.0. The third-order valence-corrected chi connectivity index (χ3v) is 13.4. The minimum absolute atomic E-state index is 0.173. The summed E-state index contributed by atoms with van der Waals surface area (Å²) in [5, 5.41) is 11.5. The van der Waals surface area contributed by atoms with Gasteiger partial charge in [-0.3, -0.25) is 0 Å². The van der Waals surface area contributed by atoms with Crippen LogP contribution in [0.3, 0.4) is 0 Å². The van der Waals surface area contributed by atoms with Gasteiger partial charge in [0.15, 0.2) is 0 Å². The van der Waals surface area contributed by atoms with Crippen LogP contribution in [0.25, 0.3) is 0 Å². The average Bonchev–Trinajstić information content (AvgIpc) is 3.52. The Bertz CT molecular complexity index is 1570. The van der Waals surface area contributed by atoms with Gasteiger partial charge in [-0.2, -0.15) is 0 Å². The van der Waals surface area contributed by atoms with E-state index in [1.807, 2.05) is 36.4 Å². The molecule has 10 heteroatoms. The van der Waals surface area contributed by atoms with Crippen LogP contribution < -0.4 is 18.8 Å². The summed E-state index contributed by atoms with van der Waals surface area (Å²) in [5.74, 6) is 0.359. The second kappa shape index (κ2) is 9.24. The Balaban J connectivity index is 1.68. The van der Waals surface area contributed by atoms with Crippen LogP contribution in [0.2, 0.25) is 4.82 Å². The van der Waals surface area contributed by atoms with Crippen molar-refractivity contribution in [2.24, 2.45) is 5.41 Å². The molecule has 3 spiro atoms. The fraction of sp³-hybridized carbons (Fsp3) is 0.469. The van der Waals surface area contributed by atoms with Gasteiger partial charge in [-0.1, -0.05) is 0 Å². The normalized spacial score (nSPS) is 33.5. The summed E-state index contributed by atoms with van der Waals surface area (Å²) in [5.41, 5.74) is -2.03. The van der Waals surface area contributed by atoms with Crippen molar-refractivity contribution in [1.82, 2.24) is 4.90 Å². The maximum atomic E-state index is 14.3. The summed E-state index contributed by atoms with van der Waals surface area (Å²) >= 11 is -0.188. The molecule has 6 aliphatic rings. The molecule has 2 aromatic rings. The molecule has 2 saturated heterocycles. The number of ether oxygens (including phenoxy) is 4. The van der Waals surface area contributed by atoms with Crippen molar-refractivity contribution in [1.29, 1.82) is 5.26 Å². The van der Waals surface area contributed by atoms with Crippen molar-refractivity contribution < 1.29 is 28.5 Å². The Morgan fingerprint density at radius 3 is 2.45 bits per heavy atom. The first-order valence-electron chi connectivity index (χ1n) is 14.2. The first kappa shape index (κ1) is 27.3. The molecule has 5 atom stereocenters. The van der Waals surface area contributed by atoms with E-state index in [4.69, 9.17) is 18.9 Å². The Labute approximate surface area is 251 Å². The van der Waals surface area contributed by atoms with Gasteiger partial charge < -0.3 is 0 Å². The Morgan fingerprint density at radius 1 is 1.00 bits per heavy atom. The molecule has 0 radical (unpaired) electrons. The summed E-state index contributed by atoms with van der Waals surface area (Å²) in [6.07, 6.45) is 4.36. The Kier molecular flexibility index (Phi) is 6.01. The minimum atomic E-state index is -1.26. The number of hydrogen-bond acceptors (Lipinski definition) is 8. The van der Waals surface area contributed by atoms with Gasteiger partial charge in [0.2, 0.25) is 0 Å². The number of carbonyl (C=O) groups is 2. The molecule has 42 heavy (non-hydrogen) atoms. The predicted molar refractivity (Wildman–Crippen MR) is 155 cm³/mol. The second-order valence-corrected chi connectivity index (χ2v) is 14.3. The monoisotopic (exact) mass is 635 g/mol. The molecular weight excluding hydrogens is 601 g/mol. The van der Waals surface area contributed by atoms with Crippen LogP contribution in [-0.4, -0.2) is 84.5 Å². The van der Waals surface area contributed by atoms with E-state index in [-0.39, 0.29) is 19.8 Å². The summed E-state index contributed by atoms with van der Waals surface area (Å²) in [7, 11) is 5.85. The number of fused-ring (bicyclic) bond motifs is 2. The third-order valence-electron chi connectivity index (χ3n) is 10.6. The molecule has 1 unspecified atom stereocenters. The van der Waals surface area contributed by atoms with Crippen molar-refractivity contribution in [3.05, 3.63) is 59.7 Å². The number of methoxy groups -OCH3 is 4. The second-order valence-electron chi connectivity index (χ2n) is 11.7. The molecule has 0 N–H and O–H groups in total. The number of rotatable bonds is 5. The standard InChI is InChI=1S/C32H33N3O6Se/c1-38-23-12-11-21-25(26(23)39-2)35(28(37)41-4)32-22(27(36)40-3)17-29(18-24(32)42-20-9-6-5-7-10-20)13-8-15-34-16-14-30(21,32)31(29,34)19-33/h5-7,9-12,17,24H,8,13-16,18H2,1-4H3/t24?,29-,30-,31+,32-/m1/s1. The first-order chi connectivity index (χ1) is 20.4. The summed E-state index contributed by atoms with van der Waals surface area (Å²) in [4.78, 5) is 32.2. The zero-order chi connectivity index (χ0) is 29.5. The molecule has 8 rings (SSSR count). The van der Waals surface area contributed by atoms with E-state index < -0.39 is 34.0 Å². The van der Waals surface area contributed by atoms with Crippen LogP contribution in [-0.2, 0) is 19.7 Å². The van der Waals surface area contributed by atoms with Crippen molar-refractivity contribution >= 4 is 37.2 Å². The van der Waals surface area contributed by atoms with E-state index in [0.29, 0.717) is 42.1 Å². The maximum absolute atomic E-state index is 14.3. The number of benzene rings is 2. The summed E-state index contributed by atoms with van der Waals surface area (Å²) in [6, 6.07) is 17.0. The van der Waals surface area contributed by atoms with Crippen LogP contribution in [0.4, 0.5) is 10.5 Å². The average molecular weight is 635 g/mol. The summed E-state index contributed by atoms with van der Waals surface area (Å²) in [6.45, 7) is 1.46. The van der Waals surface area contributed by atoms with E-state index in [1.165, 1.54) is 14.2 Å². The zero-order valence-electron chi connectivity index (χ0n) is 24.1. The van der Waals surface area contributed by atoms with Gasteiger partial charge in [0.1, 0.15) is 0 Å². The Hall–Kier alpha value is -3.51. The van der Waals surface area contributed by atoms with Crippen LogP contribution in [0.5, 0.6) is 11.5 Å². The topological polar surface area (TPSA) is 101 Å². The van der Waals surface area contributed by atoms with E-state index in [0.717, 1.165) is 29.4 Å². The van der Waals surface area contributed by atoms with E-state index in [9.17, 15) is 14.9 Å². The fourth-order valence-corrected chi connectivity index (χ4v) is 13.0. The van der Waals surface area contributed by atoms with Crippen molar-refractivity contribution in [3.63, 3.8) is 0 Å². The quantitative estimate of drug-likeness (QED) is 0.365. The third kappa shape index (κ3) is 2.78. The van der Waals surface area contributed by atoms with E-state index >= 15 is 0 Å². The van der Waals surface area contributed by atoms with Gasteiger partial charge in [0.05, 0.1) is 0 Å². The van der Waals surface area contributed by atoms with Gasteiger partial charge in [-0.05, 0) is 0 Å². The van der Waals surface area contributed by atoms with Crippen LogP contribution in [0.15, 0.2) is 54.1 Å². The number of nitrogens with zero attached hydrogens (tertiary/aromatic N) is 3. The molecule has 0 aromatic heterocycles. The van der Waals surface area contributed by atoms with E-state index in [1.54, 1.807) is 19.1 Å². The van der Waals surface area contributed by atoms with Crippen molar-refractivity contribution in [3.8, 4) is 17.6 Å². The van der Waals surface area contributed by atoms with Gasteiger partial charge in [-0.15, -0.1) is 0 Å². The molecule has 1 amide bonds. The SMILES string of the molecule is COC(=O)C1=C[C@]23CCCN4CC[C@@]5(c6ccc(OC)c(OC)c6N(C(=O)OC)[C@@]15C([Se]c1ccccc1)C2)[C@@]43C#N. The number of anilines is 1. The van der Waals surface area contributed by atoms with Gasteiger partial charge in [-0.25, -0.2) is 0 Å². The van der Waals surface area contributed by atoms with Gasteiger partial charge in [0.25, 0.3) is 0 Å². The van der Waals surface area contributed by atoms with Crippen LogP contribution >= 0.6 is 0 Å². The molecule has 2 bridgehead atoms. The van der Waals surface area contributed by atoms with Crippen molar-refractivity contribution in [2.75, 3.05) is 46.4 Å². The molecule has 3 aliphatic carbocycles. The number of nitriles is 1. The molecule has 9 nitrogen and oxygen atoms in total. The number of piperidine rings is 1. The number of amides is 1. The fourth-order valence-electron chi connectivity index (χ4n) is 9.56. The Morgan fingerprint density at radius 2 is 1.79 bits per heavy atom. The predicted octanol–water partition coefficient (Wildman–Crippen LogP) is 3.35. The zero-order valence-corrected chi connectivity index (χ0v) is 25.9. The molecule has 1 saturated carbocycles. The summed E-state index contributed by atoms with van der Waals surface area (Å²) < 4.78 is 23.9. The van der Waals surface area contributed by atoms with Gasteiger partial charge in [0, 0.05) is 0 Å². The van der Waals surface area contributed by atoms with E-state index in [2.05, 4.69) is 23.1 Å². The van der Waals surface area contributed by atoms with Crippen LogP contribution in [0, 0.1) is 16.7 Å². The molecule has 2 aromatic carbocycles. The molecule has 3 fully saturated rings. The molecule has 3 aliphatic heterocycles. The number of carbonyl (C=O) groups excluding carboxylic acids is 2. The molecule has 218 valence electrons.